The summed E-state index contributed by atoms with van der Waals surface area (Å²) in [5.41, 5.74) is 2.69. The topological polar surface area (TPSA) is 57.7 Å². The van der Waals surface area contributed by atoms with Crippen molar-refractivity contribution in [2.75, 3.05) is 13.6 Å². The normalized spacial score (nSPS) is 13.4. The molecule has 1 aliphatic rings. The number of hydrogen-bond donors (Lipinski definition) is 0. The van der Waals surface area contributed by atoms with Crippen molar-refractivity contribution < 1.29 is 14.4 Å². The molecule has 5 nitrogen and oxygen atoms in total. The molecule has 23 heavy (non-hydrogen) atoms. The molecule has 0 N–H and O–H groups in total. The smallest absolute Gasteiger partial charge is 0.262 e. The molecule has 0 fully saturated rings. The van der Waals surface area contributed by atoms with Crippen LogP contribution in [-0.4, -0.2) is 41.1 Å². The molecule has 0 radical (unpaired) electrons. The van der Waals surface area contributed by atoms with Crippen molar-refractivity contribution >= 4 is 29.1 Å². The summed E-state index contributed by atoms with van der Waals surface area (Å²) in [4.78, 5) is 39.6. The minimum absolute atomic E-state index is 0.230. The maximum atomic E-state index is 12.4. The Labute approximate surface area is 138 Å². The number of benzene rings is 1. The van der Waals surface area contributed by atoms with E-state index in [1.165, 1.54) is 4.90 Å². The zero-order valence-electron chi connectivity index (χ0n) is 12.9. The predicted molar refractivity (Wildman–Crippen MR) is 87.3 cm³/mol. The molecule has 0 atom stereocenters. The maximum absolute atomic E-state index is 12.4. The van der Waals surface area contributed by atoms with Crippen LogP contribution in [0.5, 0.6) is 0 Å². The SMILES string of the molecule is Cc1ccc2c(c1)C(=O)N(CC(=O)N(C)Cc1ccsc1)C2=O. The van der Waals surface area contributed by atoms with Gasteiger partial charge in [-0.05, 0) is 41.4 Å². The Bertz CT molecular complexity index is 783. The van der Waals surface area contributed by atoms with Gasteiger partial charge in [0.1, 0.15) is 6.54 Å². The van der Waals surface area contributed by atoms with Crippen molar-refractivity contribution in [3.63, 3.8) is 0 Å². The number of nitrogens with zero attached hydrogens (tertiary/aromatic N) is 2. The summed E-state index contributed by atoms with van der Waals surface area (Å²) in [5, 5.41) is 3.91. The molecule has 3 amide bonds. The number of rotatable bonds is 4. The van der Waals surface area contributed by atoms with Crippen LogP contribution in [-0.2, 0) is 11.3 Å². The van der Waals surface area contributed by atoms with E-state index < -0.39 is 11.8 Å². The molecule has 118 valence electrons. The molecule has 2 aromatic rings. The molecule has 2 heterocycles. The van der Waals surface area contributed by atoms with E-state index in [4.69, 9.17) is 0 Å². The van der Waals surface area contributed by atoms with E-state index in [9.17, 15) is 14.4 Å². The highest BCUT2D eigenvalue weighted by molar-refractivity contribution is 7.07. The van der Waals surface area contributed by atoms with Crippen LogP contribution in [0, 0.1) is 6.92 Å². The molecule has 0 aliphatic carbocycles. The Kier molecular flexibility index (Phi) is 4.00. The Morgan fingerprint density at radius 3 is 2.61 bits per heavy atom. The Balaban J connectivity index is 1.72. The minimum Gasteiger partial charge on any atom is -0.340 e. The highest BCUT2D eigenvalue weighted by Crippen LogP contribution is 2.23. The number of carbonyl (C=O) groups excluding carboxylic acids is 3. The molecule has 1 aliphatic heterocycles. The van der Waals surface area contributed by atoms with Crippen molar-refractivity contribution in [3.8, 4) is 0 Å². The zero-order chi connectivity index (χ0) is 16.6. The van der Waals surface area contributed by atoms with Gasteiger partial charge in [0, 0.05) is 13.6 Å². The molecule has 0 saturated heterocycles. The van der Waals surface area contributed by atoms with E-state index in [2.05, 4.69) is 0 Å². The quantitative estimate of drug-likeness (QED) is 0.809. The molecule has 1 aromatic carbocycles. The van der Waals surface area contributed by atoms with Gasteiger partial charge in [0.15, 0.2) is 0 Å². The lowest BCUT2D eigenvalue weighted by Crippen LogP contribution is -2.40. The number of thiophene rings is 1. The first-order valence-corrected chi connectivity index (χ1v) is 8.13. The van der Waals surface area contributed by atoms with Crippen LogP contribution in [0.15, 0.2) is 35.0 Å². The fraction of sp³-hybridized carbons (Fsp3) is 0.235. The minimum atomic E-state index is -0.401. The predicted octanol–water partition coefficient (Wildman–Crippen LogP) is 2.31. The summed E-state index contributed by atoms with van der Waals surface area (Å²) in [6, 6.07) is 7.07. The van der Waals surface area contributed by atoms with Crippen LogP contribution in [0.3, 0.4) is 0 Å². The largest absolute Gasteiger partial charge is 0.340 e. The van der Waals surface area contributed by atoms with E-state index >= 15 is 0 Å². The fourth-order valence-electron chi connectivity index (χ4n) is 2.55. The lowest BCUT2D eigenvalue weighted by atomic mass is 10.1. The van der Waals surface area contributed by atoms with E-state index in [0.717, 1.165) is 16.0 Å². The number of hydrogen-bond acceptors (Lipinski definition) is 4. The van der Waals surface area contributed by atoms with Gasteiger partial charge in [0.05, 0.1) is 11.1 Å². The third-order valence-corrected chi connectivity index (χ3v) is 4.58. The van der Waals surface area contributed by atoms with Gasteiger partial charge < -0.3 is 4.90 Å². The second kappa shape index (κ2) is 5.96. The molecular formula is C17H16N2O3S. The molecule has 3 rings (SSSR count). The maximum Gasteiger partial charge on any atom is 0.262 e. The molecule has 6 heteroatoms. The van der Waals surface area contributed by atoms with Gasteiger partial charge in [0.25, 0.3) is 11.8 Å². The Hall–Kier alpha value is -2.47. The van der Waals surface area contributed by atoms with Gasteiger partial charge in [-0.3, -0.25) is 19.3 Å². The summed E-state index contributed by atoms with van der Waals surface area (Å²) in [6.07, 6.45) is 0. The summed E-state index contributed by atoms with van der Waals surface area (Å²) in [6.45, 7) is 2.09. The second-order valence-electron chi connectivity index (χ2n) is 5.63. The van der Waals surface area contributed by atoms with Gasteiger partial charge in [0.2, 0.25) is 5.91 Å². The molecule has 0 saturated carbocycles. The van der Waals surface area contributed by atoms with E-state index in [0.29, 0.717) is 17.7 Å². The number of imide groups is 1. The summed E-state index contributed by atoms with van der Waals surface area (Å²) in [7, 11) is 1.67. The standard InChI is InChI=1S/C17H16N2O3S/c1-11-3-4-13-14(7-11)17(22)19(16(13)21)9-15(20)18(2)8-12-5-6-23-10-12/h3-7,10H,8-9H2,1-2H3. The number of carbonyl (C=O) groups is 3. The summed E-state index contributed by atoms with van der Waals surface area (Å²) < 4.78 is 0. The Morgan fingerprint density at radius 1 is 1.17 bits per heavy atom. The first-order valence-electron chi connectivity index (χ1n) is 7.19. The van der Waals surface area contributed by atoms with Crippen LogP contribution in [0.4, 0.5) is 0 Å². The highest BCUT2D eigenvalue weighted by atomic mass is 32.1. The molecular weight excluding hydrogens is 312 g/mol. The van der Waals surface area contributed by atoms with Crippen molar-refractivity contribution in [1.29, 1.82) is 0 Å². The van der Waals surface area contributed by atoms with Gasteiger partial charge in [-0.25, -0.2) is 0 Å². The van der Waals surface area contributed by atoms with E-state index in [-0.39, 0.29) is 12.5 Å². The molecule has 0 unspecified atom stereocenters. The summed E-state index contributed by atoms with van der Waals surface area (Å²) in [5.74, 6) is -1.06. The fourth-order valence-corrected chi connectivity index (χ4v) is 3.21. The van der Waals surface area contributed by atoms with Gasteiger partial charge in [-0.1, -0.05) is 11.6 Å². The van der Waals surface area contributed by atoms with Gasteiger partial charge in [-0.2, -0.15) is 11.3 Å². The van der Waals surface area contributed by atoms with Crippen molar-refractivity contribution in [3.05, 3.63) is 57.3 Å². The van der Waals surface area contributed by atoms with Gasteiger partial charge >= 0.3 is 0 Å². The van der Waals surface area contributed by atoms with Crippen LogP contribution in [0.25, 0.3) is 0 Å². The van der Waals surface area contributed by atoms with Crippen LogP contribution in [0.2, 0.25) is 0 Å². The number of amides is 3. The lowest BCUT2D eigenvalue weighted by Gasteiger charge is -2.20. The zero-order valence-corrected chi connectivity index (χ0v) is 13.7. The first-order chi connectivity index (χ1) is 11.0. The van der Waals surface area contributed by atoms with Crippen molar-refractivity contribution in [2.45, 2.75) is 13.5 Å². The molecule has 0 bridgehead atoms. The van der Waals surface area contributed by atoms with Crippen LogP contribution in [0.1, 0.15) is 31.8 Å². The average Bonchev–Trinajstić information content (AvgIpc) is 3.10. The van der Waals surface area contributed by atoms with Crippen molar-refractivity contribution in [1.82, 2.24) is 9.80 Å². The van der Waals surface area contributed by atoms with E-state index in [1.54, 1.807) is 36.6 Å². The van der Waals surface area contributed by atoms with Crippen LogP contribution < -0.4 is 0 Å². The molecule has 0 spiro atoms. The summed E-state index contributed by atoms with van der Waals surface area (Å²) >= 11 is 1.56. The van der Waals surface area contributed by atoms with Gasteiger partial charge in [-0.15, -0.1) is 0 Å². The number of fused-ring (bicyclic) bond motifs is 1. The van der Waals surface area contributed by atoms with Crippen LogP contribution >= 0.6 is 11.3 Å². The third-order valence-electron chi connectivity index (χ3n) is 3.85. The Morgan fingerprint density at radius 2 is 1.91 bits per heavy atom. The highest BCUT2D eigenvalue weighted by Gasteiger charge is 2.37. The van der Waals surface area contributed by atoms with Crippen molar-refractivity contribution in [2.24, 2.45) is 0 Å². The second-order valence-corrected chi connectivity index (χ2v) is 6.41. The first kappa shape index (κ1) is 15.4. The third kappa shape index (κ3) is 2.90. The lowest BCUT2D eigenvalue weighted by molar-refractivity contribution is -0.130. The number of aryl methyl sites for hydroxylation is 1. The van der Waals surface area contributed by atoms with E-state index in [1.807, 2.05) is 23.8 Å². The molecule has 1 aromatic heterocycles. The monoisotopic (exact) mass is 328 g/mol. The number of likely N-dealkylation sites (N-methyl/N-ethyl adjacent to an activating group) is 1. The average molecular weight is 328 g/mol.